The molecule has 19 heavy (non-hydrogen) atoms. The molecule has 0 spiro atoms. The van der Waals surface area contributed by atoms with Crippen molar-refractivity contribution in [2.24, 2.45) is 5.84 Å². The molecule has 0 aliphatic carbocycles. The molecule has 0 radical (unpaired) electrons. The monoisotopic (exact) mass is 257 g/mol. The van der Waals surface area contributed by atoms with E-state index in [0.29, 0.717) is 5.95 Å². The fourth-order valence-electron chi connectivity index (χ4n) is 1.86. The predicted octanol–water partition coefficient (Wildman–Crippen LogP) is 2.42. The highest BCUT2D eigenvalue weighted by Crippen LogP contribution is 2.26. The molecule has 0 aliphatic heterocycles. The van der Waals surface area contributed by atoms with E-state index in [0.717, 1.165) is 11.4 Å². The van der Waals surface area contributed by atoms with Crippen molar-refractivity contribution in [2.75, 3.05) is 10.7 Å². The first-order valence-corrected chi connectivity index (χ1v) is 6.17. The third-order valence-corrected chi connectivity index (χ3v) is 3.03. The number of anilines is 2. The summed E-state index contributed by atoms with van der Waals surface area (Å²) in [6.45, 7) is 6.18. The summed E-state index contributed by atoms with van der Waals surface area (Å²) in [7, 11) is 0. The van der Waals surface area contributed by atoms with E-state index in [9.17, 15) is 0 Å². The number of nitrogens with two attached hydrogens (primary N) is 1. The molecule has 1 aromatic carbocycles. The standard InChI is InChI=1S/C14H19N5/c1-10-9-16-13(19-15)17-12(10)18-14(2,3)11-7-5-4-6-8-11/h4-9H,15H2,1-3H3,(H2,16,17,18,19). The van der Waals surface area contributed by atoms with Crippen molar-refractivity contribution in [3.8, 4) is 0 Å². The highest BCUT2D eigenvalue weighted by atomic mass is 15.3. The first kappa shape index (κ1) is 13.3. The van der Waals surface area contributed by atoms with Gasteiger partial charge in [-0.15, -0.1) is 0 Å². The second-order valence-electron chi connectivity index (χ2n) is 4.99. The van der Waals surface area contributed by atoms with Crippen LogP contribution in [0.5, 0.6) is 0 Å². The maximum atomic E-state index is 5.34. The van der Waals surface area contributed by atoms with Crippen molar-refractivity contribution in [1.29, 1.82) is 0 Å². The number of hydrazine groups is 1. The minimum Gasteiger partial charge on any atom is -0.361 e. The van der Waals surface area contributed by atoms with Crippen LogP contribution in [0.1, 0.15) is 25.0 Å². The van der Waals surface area contributed by atoms with E-state index < -0.39 is 0 Å². The molecule has 2 aromatic rings. The molecule has 1 heterocycles. The zero-order valence-electron chi connectivity index (χ0n) is 11.4. The highest BCUT2D eigenvalue weighted by molar-refractivity contribution is 5.49. The zero-order chi connectivity index (χ0) is 13.9. The SMILES string of the molecule is Cc1cnc(NN)nc1NC(C)(C)c1ccccc1. The predicted molar refractivity (Wildman–Crippen MR) is 77.7 cm³/mol. The summed E-state index contributed by atoms with van der Waals surface area (Å²) in [5, 5.41) is 3.43. The van der Waals surface area contributed by atoms with Crippen molar-refractivity contribution >= 4 is 11.8 Å². The first-order valence-electron chi connectivity index (χ1n) is 6.17. The molecule has 100 valence electrons. The van der Waals surface area contributed by atoms with E-state index in [1.54, 1.807) is 6.20 Å². The number of hydrogen-bond acceptors (Lipinski definition) is 5. The van der Waals surface area contributed by atoms with Crippen molar-refractivity contribution in [1.82, 2.24) is 9.97 Å². The lowest BCUT2D eigenvalue weighted by Gasteiger charge is -2.28. The summed E-state index contributed by atoms with van der Waals surface area (Å²) in [6.07, 6.45) is 1.74. The Labute approximate surface area is 113 Å². The van der Waals surface area contributed by atoms with Crippen LogP contribution in [0, 0.1) is 6.92 Å². The Kier molecular flexibility index (Phi) is 3.66. The molecule has 0 fully saturated rings. The van der Waals surface area contributed by atoms with Gasteiger partial charge in [0.1, 0.15) is 5.82 Å². The van der Waals surface area contributed by atoms with Gasteiger partial charge in [0.05, 0.1) is 5.54 Å². The third-order valence-electron chi connectivity index (χ3n) is 3.03. The van der Waals surface area contributed by atoms with Crippen molar-refractivity contribution in [3.63, 3.8) is 0 Å². The van der Waals surface area contributed by atoms with Crippen LogP contribution in [-0.2, 0) is 5.54 Å². The van der Waals surface area contributed by atoms with E-state index in [2.05, 4.69) is 46.7 Å². The average molecular weight is 257 g/mol. The Morgan fingerprint density at radius 3 is 2.47 bits per heavy atom. The normalized spacial score (nSPS) is 11.2. The molecule has 0 saturated carbocycles. The number of nitrogen functional groups attached to an aromatic ring is 1. The van der Waals surface area contributed by atoms with Crippen LogP contribution in [0.15, 0.2) is 36.5 Å². The molecule has 1 aromatic heterocycles. The molecule has 0 atom stereocenters. The van der Waals surface area contributed by atoms with Gasteiger partial charge in [0.15, 0.2) is 0 Å². The summed E-state index contributed by atoms with van der Waals surface area (Å²) in [6, 6.07) is 10.2. The topological polar surface area (TPSA) is 75.9 Å². The number of nitrogens with zero attached hydrogens (tertiary/aromatic N) is 2. The fraction of sp³-hybridized carbons (Fsp3) is 0.286. The van der Waals surface area contributed by atoms with Crippen LogP contribution in [0.25, 0.3) is 0 Å². The van der Waals surface area contributed by atoms with Crippen molar-refractivity contribution in [3.05, 3.63) is 47.7 Å². The Hall–Kier alpha value is -2.14. The van der Waals surface area contributed by atoms with Gasteiger partial charge in [0.2, 0.25) is 5.95 Å². The van der Waals surface area contributed by atoms with Gasteiger partial charge in [0, 0.05) is 11.8 Å². The van der Waals surface area contributed by atoms with Crippen LogP contribution < -0.4 is 16.6 Å². The third kappa shape index (κ3) is 3.00. The lowest BCUT2D eigenvalue weighted by Crippen LogP contribution is -2.29. The van der Waals surface area contributed by atoms with E-state index in [1.807, 2.05) is 25.1 Å². The van der Waals surface area contributed by atoms with Gasteiger partial charge in [-0.3, -0.25) is 5.43 Å². The zero-order valence-corrected chi connectivity index (χ0v) is 11.4. The van der Waals surface area contributed by atoms with Gasteiger partial charge in [-0.25, -0.2) is 10.8 Å². The van der Waals surface area contributed by atoms with E-state index in [1.165, 1.54) is 5.56 Å². The molecule has 5 heteroatoms. The summed E-state index contributed by atoms with van der Waals surface area (Å²) in [5.41, 5.74) is 4.39. The van der Waals surface area contributed by atoms with E-state index in [4.69, 9.17) is 5.84 Å². The number of hydrogen-bond donors (Lipinski definition) is 3. The number of nitrogens with one attached hydrogen (secondary N) is 2. The van der Waals surface area contributed by atoms with E-state index >= 15 is 0 Å². The van der Waals surface area contributed by atoms with Gasteiger partial charge in [0.25, 0.3) is 0 Å². The maximum Gasteiger partial charge on any atom is 0.239 e. The van der Waals surface area contributed by atoms with Gasteiger partial charge in [-0.05, 0) is 26.3 Å². The quantitative estimate of drug-likeness (QED) is 0.579. The lowest BCUT2D eigenvalue weighted by atomic mass is 9.94. The Morgan fingerprint density at radius 2 is 1.84 bits per heavy atom. The number of aromatic nitrogens is 2. The first-order chi connectivity index (χ1) is 9.03. The van der Waals surface area contributed by atoms with Crippen molar-refractivity contribution < 1.29 is 0 Å². The lowest BCUT2D eigenvalue weighted by molar-refractivity contribution is 0.605. The molecule has 4 N–H and O–H groups in total. The van der Waals surface area contributed by atoms with Crippen molar-refractivity contribution in [2.45, 2.75) is 26.3 Å². The number of rotatable bonds is 4. The molecular weight excluding hydrogens is 238 g/mol. The Bertz CT molecular complexity index is 551. The molecule has 2 rings (SSSR count). The number of benzene rings is 1. The number of aryl methyl sites for hydroxylation is 1. The largest absolute Gasteiger partial charge is 0.361 e. The van der Waals surface area contributed by atoms with Crippen LogP contribution >= 0.6 is 0 Å². The average Bonchev–Trinajstić information content (AvgIpc) is 2.42. The summed E-state index contributed by atoms with van der Waals surface area (Å²) < 4.78 is 0. The Balaban J connectivity index is 2.30. The van der Waals surface area contributed by atoms with Gasteiger partial charge in [-0.1, -0.05) is 30.3 Å². The van der Waals surface area contributed by atoms with Crippen LogP contribution in [0.2, 0.25) is 0 Å². The minimum atomic E-state index is -0.230. The second kappa shape index (κ2) is 5.24. The van der Waals surface area contributed by atoms with Gasteiger partial charge >= 0.3 is 0 Å². The molecule has 0 bridgehead atoms. The molecule has 0 aliphatic rings. The Morgan fingerprint density at radius 1 is 1.16 bits per heavy atom. The fourth-order valence-corrected chi connectivity index (χ4v) is 1.86. The summed E-state index contributed by atoms with van der Waals surface area (Å²) >= 11 is 0. The van der Waals surface area contributed by atoms with Crippen LogP contribution in [0.4, 0.5) is 11.8 Å². The molecule has 0 saturated heterocycles. The van der Waals surface area contributed by atoms with Gasteiger partial charge in [-0.2, -0.15) is 4.98 Å². The molecular formula is C14H19N5. The molecule has 0 amide bonds. The molecule has 0 unspecified atom stereocenters. The van der Waals surface area contributed by atoms with E-state index in [-0.39, 0.29) is 5.54 Å². The van der Waals surface area contributed by atoms with Gasteiger partial charge < -0.3 is 5.32 Å². The smallest absolute Gasteiger partial charge is 0.239 e. The summed E-state index contributed by atoms with van der Waals surface area (Å²) in [4.78, 5) is 8.42. The maximum absolute atomic E-state index is 5.34. The minimum absolute atomic E-state index is 0.230. The van der Waals surface area contributed by atoms with Crippen LogP contribution in [0.3, 0.4) is 0 Å². The molecule has 5 nitrogen and oxygen atoms in total. The highest BCUT2D eigenvalue weighted by Gasteiger charge is 2.21. The summed E-state index contributed by atoms with van der Waals surface area (Å²) in [5.74, 6) is 6.52. The van der Waals surface area contributed by atoms with Crippen LogP contribution in [-0.4, -0.2) is 9.97 Å². The second-order valence-corrected chi connectivity index (χ2v) is 4.99.